The summed E-state index contributed by atoms with van der Waals surface area (Å²) in [5, 5.41) is 0. The zero-order valence-corrected chi connectivity index (χ0v) is 20.6. The summed E-state index contributed by atoms with van der Waals surface area (Å²) >= 11 is 0. The number of alkyl halides is 3. The van der Waals surface area contributed by atoms with Crippen LogP contribution in [0.1, 0.15) is 21.5 Å². The number of halogens is 3. The first-order valence-corrected chi connectivity index (χ1v) is 13.0. The quantitative estimate of drug-likeness (QED) is 0.405. The van der Waals surface area contributed by atoms with E-state index < -0.39 is 21.4 Å². The van der Waals surface area contributed by atoms with Crippen molar-refractivity contribution in [2.75, 3.05) is 57.8 Å². The average Bonchev–Trinajstić information content (AvgIpc) is 2.86. The van der Waals surface area contributed by atoms with Crippen LogP contribution in [-0.4, -0.2) is 82.6 Å². The molecule has 2 aliphatic heterocycles. The minimum Gasteiger partial charge on any atom is -0.376 e. The van der Waals surface area contributed by atoms with Crippen molar-refractivity contribution < 1.29 is 35.3 Å². The molecular formula is C24H28F3N3O5S. The number of nitrogens with zero attached hydrogens (tertiary/aromatic N) is 3. The molecule has 2 aromatic rings. The highest BCUT2D eigenvalue weighted by Crippen LogP contribution is 2.28. The van der Waals surface area contributed by atoms with Crippen LogP contribution >= 0.6 is 0 Å². The fourth-order valence-electron chi connectivity index (χ4n) is 4.23. The molecule has 1 saturated heterocycles. The van der Waals surface area contributed by atoms with Gasteiger partial charge >= 0.3 is 15.6 Å². The molecule has 2 aliphatic rings. The topological polar surface area (TPSA) is 79.4 Å². The summed E-state index contributed by atoms with van der Waals surface area (Å²) in [6.45, 7) is 5.43. The van der Waals surface area contributed by atoms with Gasteiger partial charge in [-0.15, -0.1) is 0 Å². The highest BCUT2D eigenvalue weighted by atomic mass is 32.2. The second-order valence-electron chi connectivity index (χ2n) is 8.82. The van der Waals surface area contributed by atoms with Crippen molar-refractivity contribution in [3.8, 4) is 5.75 Å². The Hall–Kier alpha value is -2.83. The number of hydrogen-bond acceptors (Lipinski definition) is 7. The number of carbonyl (C=O) groups excluding carboxylic acids is 1. The highest BCUT2D eigenvalue weighted by molar-refractivity contribution is 7.88. The molecule has 196 valence electrons. The Morgan fingerprint density at radius 1 is 1.06 bits per heavy atom. The second kappa shape index (κ2) is 10.7. The Morgan fingerprint density at radius 3 is 2.42 bits per heavy atom. The summed E-state index contributed by atoms with van der Waals surface area (Å²) in [5.41, 5.74) is -1.74. The minimum absolute atomic E-state index is 0.0160. The van der Waals surface area contributed by atoms with E-state index >= 15 is 0 Å². The smallest absolute Gasteiger partial charge is 0.376 e. The van der Waals surface area contributed by atoms with Crippen LogP contribution in [0, 0.1) is 0 Å². The number of benzene rings is 2. The first kappa shape index (κ1) is 26.2. The third kappa shape index (κ3) is 6.11. The number of amides is 1. The summed E-state index contributed by atoms with van der Waals surface area (Å²) < 4.78 is 69.3. The zero-order valence-electron chi connectivity index (χ0n) is 19.8. The number of carbonyl (C=O) groups is 1. The van der Waals surface area contributed by atoms with Gasteiger partial charge < -0.3 is 18.7 Å². The average molecular weight is 528 g/mol. The predicted octanol–water partition coefficient (Wildman–Crippen LogP) is 2.88. The molecule has 2 aromatic carbocycles. The minimum atomic E-state index is -5.69. The van der Waals surface area contributed by atoms with E-state index in [1.54, 1.807) is 11.9 Å². The molecule has 0 bridgehead atoms. The van der Waals surface area contributed by atoms with Crippen LogP contribution in [-0.2, 0) is 27.9 Å². The van der Waals surface area contributed by atoms with Crippen molar-refractivity contribution >= 4 is 21.7 Å². The first-order chi connectivity index (χ1) is 17.0. The molecule has 0 radical (unpaired) electrons. The number of likely N-dealkylation sites (N-methyl/N-ethyl adjacent to an activating group) is 1. The Bertz CT molecular complexity index is 1180. The normalized spacial score (nSPS) is 16.9. The highest BCUT2D eigenvalue weighted by Gasteiger charge is 2.48. The molecule has 0 saturated carbocycles. The van der Waals surface area contributed by atoms with Gasteiger partial charge in [-0.25, -0.2) is 0 Å². The third-order valence-electron chi connectivity index (χ3n) is 6.39. The molecule has 1 amide bonds. The van der Waals surface area contributed by atoms with E-state index in [9.17, 15) is 26.4 Å². The predicted molar refractivity (Wildman–Crippen MR) is 127 cm³/mol. The van der Waals surface area contributed by atoms with Gasteiger partial charge in [0.05, 0.1) is 13.2 Å². The standard InChI is InChI=1S/C24H28F3N3O5S/c1-28(23(31)19-2-3-20-17-34-15-8-18(20)16-19)9-10-29-11-13-30(14-12-29)21-4-6-22(7-5-21)35-36(32,33)24(25,26)27/h2-7,16H,8-15,17H2,1H3. The molecule has 0 N–H and O–H groups in total. The molecule has 0 spiro atoms. The summed E-state index contributed by atoms with van der Waals surface area (Å²) in [6.07, 6.45) is 0.812. The van der Waals surface area contributed by atoms with Gasteiger partial charge in [0.1, 0.15) is 5.75 Å². The number of hydrogen-bond donors (Lipinski definition) is 0. The van der Waals surface area contributed by atoms with E-state index in [-0.39, 0.29) is 5.91 Å². The van der Waals surface area contributed by atoms with Crippen molar-refractivity contribution in [3.05, 3.63) is 59.2 Å². The molecule has 4 rings (SSSR count). The zero-order chi connectivity index (χ0) is 25.9. The van der Waals surface area contributed by atoms with E-state index in [0.29, 0.717) is 38.4 Å². The van der Waals surface area contributed by atoms with Crippen LogP contribution in [0.15, 0.2) is 42.5 Å². The van der Waals surface area contributed by atoms with E-state index in [2.05, 4.69) is 14.0 Å². The van der Waals surface area contributed by atoms with Crippen LogP contribution in [0.4, 0.5) is 18.9 Å². The van der Waals surface area contributed by atoms with Crippen LogP contribution < -0.4 is 9.08 Å². The van der Waals surface area contributed by atoms with E-state index in [0.717, 1.165) is 42.9 Å². The van der Waals surface area contributed by atoms with Crippen LogP contribution in [0.2, 0.25) is 0 Å². The molecular weight excluding hydrogens is 499 g/mol. The molecule has 1 fully saturated rings. The summed E-state index contributed by atoms with van der Waals surface area (Å²) in [6, 6.07) is 11.3. The first-order valence-electron chi connectivity index (χ1n) is 11.6. The van der Waals surface area contributed by atoms with Gasteiger partial charge in [0, 0.05) is 57.6 Å². The second-order valence-corrected chi connectivity index (χ2v) is 10.4. The maximum Gasteiger partial charge on any atom is 0.534 e. The number of piperazine rings is 1. The molecule has 12 heteroatoms. The molecule has 0 aromatic heterocycles. The Balaban J connectivity index is 1.24. The largest absolute Gasteiger partial charge is 0.534 e. The number of ether oxygens (including phenoxy) is 1. The van der Waals surface area contributed by atoms with Gasteiger partial charge in [-0.2, -0.15) is 21.6 Å². The molecule has 8 nitrogen and oxygen atoms in total. The molecule has 36 heavy (non-hydrogen) atoms. The van der Waals surface area contributed by atoms with E-state index in [4.69, 9.17) is 4.74 Å². The van der Waals surface area contributed by atoms with Crippen molar-refractivity contribution in [1.82, 2.24) is 9.80 Å². The van der Waals surface area contributed by atoms with Gasteiger partial charge in [0.25, 0.3) is 5.91 Å². The lowest BCUT2D eigenvalue weighted by atomic mass is 10.00. The molecule has 2 heterocycles. The lowest BCUT2D eigenvalue weighted by Gasteiger charge is -2.36. The SMILES string of the molecule is CN(CCN1CCN(c2ccc(OS(=O)(=O)C(F)(F)F)cc2)CC1)C(=O)c1ccc2c(c1)CCOC2. The van der Waals surface area contributed by atoms with Crippen molar-refractivity contribution in [2.24, 2.45) is 0 Å². The van der Waals surface area contributed by atoms with Crippen LogP contribution in [0.5, 0.6) is 5.75 Å². The van der Waals surface area contributed by atoms with Gasteiger partial charge in [-0.05, 0) is 53.9 Å². The van der Waals surface area contributed by atoms with Crippen LogP contribution in [0.25, 0.3) is 0 Å². The number of fused-ring (bicyclic) bond motifs is 1. The monoisotopic (exact) mass is 527 g/mol. The third-order valence-corrected chi connectivity index (χ3v) is 7.37. The van der Waals surface area contributed by atoms with E-state index in [1.165, 1.54) is 24.3 Å². The van der Waals surface area contributed by atoms with Gasteiger partial charge in [-0.3, -0.25) is 9.69 Å². The summed E-state index contributed by atoms with van der Waals surface area (Å²) in [7, 11) is -3.90. The molecule has 0 atom stereocenters. The number of anilines is 1. The van der Waals surface area contributed by atoms with Crippen molar-refractivity contribution in [1.29, 1.82) is 0 Å². The molecule has 0 unspecified atom stereocenters. The van der Waals surface area contributed by atoms with Crippen molar-refractivity contribution in [3.63, 3.8) is 0 Å². The number of rotatable bonds is 7. The lowest BCUT2D eigenvalue weighted by Crippen LogP contribution is -2.48. The maximum absolute atomic E-state index is 12.9. The fourth-order valence-corrected chi connectivity index (χ4v) is 4.69. The Kier molecular flexibility index (Phi) is 7.76. The summed E-state index contributed by atoms with van der Waals surface area (Å²) in [5.74, 6) is -0.410. The van der Waals surface area contributed by atoms with Crippen molar-refractivity contribution in [2.45, 2.75) is 18.5 Å². The fraction of sp³-hybridized carbons (Fsp3) is 0.458. The molecule has 0 aliphatic carbocycles. The lowest BCUT2D eigenvalue weighted by molar-refractivity contribution is -0.0500. The summed E-state index contributed by atoms with van der Waals surface area (Å²) in [4.78, 5) is 18.9. The van der Waals surface area contributed by atoms with Gasteiger partial charge in [-0.1, -0.05) is 6.07 Å². The van der Waals surface area contributed by atoms with Gasteiger partial charge in [0.15, 0.2) is 0 Å². The van der Waals surface area contributed by atoms with Gasteiger partial charge in [0.2, 0.25) is 0 Å². The Labute approximate surface area is 208 Å². The maximum atomic E-state index is 12.9. The van der Waals surface area contributed by atoms with Crippen LogP contribution in [0.3, 0.4) is 0 Å². The Morgan fingerprint density at radius 2 is 1.75 bits per heavy atom. The van der Waals surface area contributed by atoms with E-state index in [1.807, 2.05) is 18.2 Å².